The van der Waals surface area contributed by atoms with Crippen LogP contribution in [0.25, 0.3) is 44.4 Å². The summed E-state index contributed by atoms with van der Waals surface area (Å²) in [4.78, 5) is 3.49. The van der Waals surface area contributed by atoms with Crippen molar-refractivity contribution in [2.45, 2.75) is 26.2 Å². The van der Waals surface area contributed by atoms with E-state index in [1.54, 1.807) is 6.07 Å². The van der Waals surface area contributed by atoms with Crippen molar-refractivity contribution in [3.63, 3.8) is 0 Å². The van der Waals surface area contributed by atoms with Crippen molar-refractivity contribution in [2.24, 2.45) is 0 Å². The Bertz CT molecular complexity index is 1390. The molecule has 0 saturated heterocycles. The third-order valence-corrected chi connectivity index (χ3v) is 6.09. The van der Waals surface area contributed by atoms with E-state index in [1.165, 1.54) is 17.2 Å². The summed E-state index contributed by atoms with van der Waals surface area (Å²) in [7, 11) is 0. The van der Waals surface area contributed by atoms with Crippen molar-refractivity contribution >= 4 is 10.9 Å². The van der Waals surface area contributed by atoms with Crippen LogP contribution in [0.2, 0.25) is 0 Å². The first-order chi connectivity index (χ1) is 15.4. The maximum atomic E-state index is 14.8. The number of halogens is 1. The number of aromatic nitrogens is 1. The van der Waals surface area contributed by atoms with Gasteiger partial charge in [0.05, 0.1) is 5.69 Å². The van der Waals surface area contributed by atoms with Crippen LogP contribution in [0.1, 0.15) is 26.3 Å². The molecule has 0 unspecified atom stereocenters. The van der Waals surface area contributed by atoms with Gasteiger partial charge >= 0.3 is 0 Å². The number of H-pyrrole nitrogens is 1. The molecule has 1 N–H and O–H groups in total. The molecule has 0 radical (unpaired) electrons. The molecular weight excluding hydrogens is 393 g/mol. The molecular formula is C30H26FN. The summed E-state index contributed by atoms with van der Waals surface area (Å²) in [6.07, 6.45) is 0. The SMILES string of the molecule is CC(C)(C)c1ccc(-c2ccc3[nH]c(-c4ccccc4F)c(-c4ccccc4)c3c2)cc1. The van der Waals surface area contributed by atoms with Crippen LogP contribution in [0.15, 0.2) is 97.1 Å². The Morgan fingerprint density at radius 1 is 0.656 bits per heavy atom. The van der Waals surface area contributed by atoms with Gasteiger partial charge in [-0.1, -0.05) is 93.6 Å². The number of nitrogens with one attached hydrogen (secondary N) is 1. The standard InChI is InChI=1S/C30H26FN/c1-30(2,3)23-16-13-20(14-17-23)22-15-18-27-25(19-22)28(21-9-5-4-6-10-21)29(32-27)24-11-7-8-12-26(24)31/h4-19,32H,1-3H3. The molecule has 2 heteroatoms. The van der Waals surface area contributed by atoms with Gasteiger partial charge < -0.3 is 4.98 Å². The van der Waals surface area contributed by atoms with Gasteiger partial charge in [0.15, 0.2) is 0 Å². The van der Waals surface area contributed by atoms with E-state index < -0.39 is 0 Å². The highest BCUT2D eigenvalue weighted by Gasteiger charge is 2.18. The Balaban J connectivity index is 1.72. The molecule has 5 rings (SSSR count). The monoisotopic (exact) mass is 419 g/mol. The number of aromatic amines is 1. The maximum Gasteiger partial charge on any atom is 0.132 e. The quantitative estimate of drug-likeness (QED) is 0.301. The highest BCUT2D eigenvalue weighted by Crippen LogP contribution is 2.40. The van der Waals surface area contributed by atoms with Gasteiger partial charge in [-0.15, -0.1) is 0 Å². The summed E-state index contributed by atoms with van der Waals surface area (Å²) in [6, 6.07) is 32.4. The van der Waals surface area contributed by atoms with Crippen LogP contribution >= 0.6 is 0 Å². The van der Waals surface area contributed by atoms with Gasteiger partial charge in [0, 0.05) is 22.0 Å². The minimum atomic E-state index is -0.228. The Labute approximate surface area is 188 Å². The molecule has 1 nitrogen and oxygen atoms in total. The van der Waals surface area contributed by atoms with E-state index in [9.17, 15) is 4.39 Å². The van der Waals surface area contributed by atoms with E-state index in [0.29, 0.717) is 5.56 Å². The second-order valence-corrected chi connectivity index (χ2v) is 9.31. The highest BCUT2D eigenvalue weighted by molar-refractivity contribution is 6.05. The third-order valence-electron chi connectivity index (χ3n) is 6.09. The minimum Gasteiger partial charge on any atom is -0.354 e. The van der Waals surface area contributed by atoms with Gasteiger partial charge in [0.1, 0.15) is 5.82 Å². The fourth-order valence-corrected chi connectivity index (χ4v) is 4.30. The average molecular weight is 420 g/mol. The lowest BCUT2D eigenvalue weighted by molar-refractivity contribution is 0.590. The molecule has 0 saturated carbocycles. The van der Waals surface area contributed by atoms with Gasteiger partial charge in [-0.3, -0.25) is 0 Å². The fraction of sp³-hybridized carbons (Fsp3) is 0.133. The van der Waals surface area contributed by atoms with Gasteiger partial charge in [0.2, 0.25) is 0 Å². The summed E-state index contributed by atoms with van der Waals surface area (Å²) in [5.74, 6) is -0.228. The van der Waals surface area contributed by atoms with E-state index >= 15 is 0 Å². The number of benzene rings is 4. The van der Waals surface area contributed by atoms with E-state index in [0.717, 1.165) is 33.3 Å². The molecule has 0 aliphatic rings. The van der Waals surface area contributed by atoms with E-state index in [-0.39, 0.29) is 11.2 Å². The molecule has 0 amide bonds. The van der Waals surface area contributed by atoms with Crippen LogP contribution in [0, 0.1) is 5.82 Å². The molecule has 0 aliphatic carbocycles. The summed E-state index contributed by atoms with van der Waals surface area (Å²) in [6.45, 7) is 6.68. The van der Waals surface area contributed by atoms with Crippen LogP contribution in [0.5, 0.6) is 0 Å². The van der Waals surface area contributed by atoms with Crippen molar-refractivity contribution in [2.75, 3.05) is 0 Å². The smallest absolute Gasteiger partial charge is 0.132 e. The zero-order valence-electron chi connectivity index (χ0n) is 18.6. The Kier molecular flexibility index (Phi) is 4.94. The van der Waals surface area contributed by atoms with Gasteiger partial charge in [-0.2, -0.15) is 0 Å². The lowest BCUT2D eigenvalue weighted by atomic mass is 9.86. The van der Waals surface area contributed by atoms with Gasteiger partial charge in [-0.05, 0) is 51.9 Å². The predicted octanol–water partition coefficient (Wildman–Crippen LogP) is 8.61. The Hall–Kier alpha value is -3.65. The first-order valence-corrected chi connectivity index (χ1v) is 11.0. The summed E-state index contributed by atoms with van der Waals surface area (Å²) >= 11 is 0. The van der Waals surface area contributed by atoms with Crippen LogP contribution < -0.4 is 0 Å². The molecule has 5 aromatic rings. The topological polar surface area (TPSA) is 15.8 Å². The molecule has 0 atom stereocenters. The van der Waals surface area contributed by atoms with Gasteiger partial charge in [0.25, 0.3) is 0 Å². The predicted molar refractivity (Wildman–Crippen MR) is 133 cm³/mol. The van der Waals surface area contributed by atoms with Gasteiger partial charge in [-0.25, -0.2) is 4.39 Å². The van der Waals surface area contributed by atoms with Crippen molar-refractivity contribution in [1.29, 1.82) is 0 Å². The Morgan fingerprint density at radius 3 is 2.00 bits per heavy atom. The molecule has 4 aromatic carbocycles. The molecule has 158 valence electrons. The molecule has 0 fully saturated rings. The number of hydrogen-bond donors (Lipinski definition) is 1. The number of rotatable bonds is 3. The summed E-state index contributed by atoms with van der Waals surface area (Å²) < 4.78 is 14.8. The second kappa shape index (κ2) is 7.80. The van der Waals surface area contributed by atoms with Crippen LogP contribution in [-0.2, 0) is 5.41 Å². The maximum absolute atomic E-state index is 14.8. The van der Waals surface area contributed by atoms with Crippen LogP contribution in [-0.4, -0.2) is 4.98 Å². The average Bonchev–Trinajstić information content (AvgIpc) is 3.18. The van der Waals surface area contributed by atoms with Crippen molar-refractivity contribution in [3.05, 3.63) is 108 Å². The largest absolute Gasteiger partial charge is 0.354 e. The van der Waals surface area contributed by atoms with Crippen molar-refractivity contribution < 1.29 is 4.39 Å². The first-order valence-electron chi connectivity index (χ1n) is 11.0. The molecule has 1 heterocycles. The lowest BCUT2D eigenvalue weighted by Gasteiger charge is -2.19. The van der Waals surface area contributed by atoms with E-state index in [1.807, 2.05) is 30.3 Å². The zero-order valence-corrected chi connectivity index (χ0v) is 18.6. The zero-order chi connectivity index (χ0) is 22.3. The molecule has 32 heavy (non-hydrogen) atoms. The summed E-state index contributed by atoms with van der Waals surface area (Å²) in [5, 5.41) is 1.09. The fourth-order valence-electron chi connectivity index (χ4n) is 4.30. The Morgan fingerprint density at radius 2 is 1.31 bits per heavy atom. The molecule has 0 bridgehead atoms. The minimum absolute atomic E-state index is 0.123. The van der Waals surface area contributed by atoms with Crippen molar-refractivity contribution in [3.8, 4) is 33.5 Å². The first kappa shape index (κ1) is 20.3. The second-order valence-electron chi connectivity index (χ2n) is 9.31. The molecule has 1 aromatic heterocycles. The summed E-state index contributed by atoms with van der Waals surface area (Å²) in [5.41, 5.74) is 8.24. The lowest BCUT2D eigenvalue weighted by Crippen LogP contribution is -2.10. The van der Waals surface area contributed by atoms with E-state index in [4.69, 9.17) is 0 Å². The van der Waals surface area contributed by atoms with Crippen LogP contribution in [0.3, 0.4) is 0 Å². The van der Waals surface area contributed by atoms with Crippen LogP contribution in [0.4, 0.5) is 4.39 Å². The third kappa shape index (κ3) is 3.62. The van der Waals surface area contributed by atoms with Crippen molar-refractivity contribution in [1.82, 2.24) is 4.98 Å². The normalized spacial score (nSPS) is 11.8. The number of hydrogen-bond acceptors (Lipinski definition) is 0. The molecule has 0 aliphatic heterocycles. The highest BCUT2D eigenvalue weighted by atomic mass is 19.1. The molecule has 0 spiro atoms. The van der Waals surface area contributed by atoms with E-state index in [2.05, 4.69) is 80.4 Å². The number of fused-ring (bicyclic) bond motifs is 1.